The zero-order chi connectivity index (χ0) is 13.2. The fraction of sp³-hybridized carbons (Fsp3) is 0.400. The molecule has 1 aromatic rings. The van der Waals surface area contributed by atoms with E-state index in [9.17, 15) is 0 Å². The largest absolute Gasteiger partial charge is 0.423 e. The molecule has 0 aliphatic rings. The van der Waals surface area contributed by atoms with Crippen LogP contribution in [0.5, 0.6) is 5.75 Å². The van der Waals surface area contributed by atoms with Crippen molar-refractivity contribution in [2.75, 3.05) is 0 Å². The van der Waals surface area contributed by atoms with Crippen LogP contribution in [-0.4, -0.2) is 9.79 Å². The van der Waals surface area contributed by atoms with E-state index in [0.717, 1.165) is 24.0 Å². The molecule has 0 atom stereocenters. The molecule has 1 aromatic carbocycles. The maximum absolute atomic E-state index is 9.13. The summed E-state index contributed by atoms with van der Waals surface area (Å²) in [4.78, 5) is 18.3. The van der Waals surface area contributed by atoms with Crippen LogP contribution in [0.25, 0.3) is 0 Å². The van der Waals surface area contributed by atoms with E-state index in [0.29, 0.717) is 5.02 Å². The number of aryl methyl sites for hydroxylation is 1. The monoisotopic (exact) mass is 314 g/mol. The number of hydrogen-bond donors (Lipinski definition) is 2. The summed E-state index contributed by atoms with van der Waals surface area (Å²) in [5.41, 5.74) is 1.90. The molecular weight excluding hydrogens is 302 g/mol. The molecule has 0 aromatic heterocycles. The number of rotatable bonds is 4. The van der Waals surface area contributed by atoms with Crippen LogP contribution in [0.3, 0.4) is 0 Å². The fourth-order valence-electron chi connectivity index (χ4n) is 1.58. The third-order valence-electron chi connectivity index (χ3n) is 2.32. The summed E-state index contributed by atoms with van der Waals surface area (Å²) in [5, 5.41) is 0.546. The van der Waals surface area contributed by atoms with E-state index >= 15 is 0 Å². The Kier molecular flexibility index (Phi) is 5.26. The maximum Gasteiger partial charge on any atom is 0.375 e. The van der Waals surface area contributed by atoms with Gasteiger partial charge in [0.2, 0.25) is 0 Å². The van der Waals surface area contributed by atoms with Gasteiger partial charge in [0.1, 0.15) is 10.8 Å². The van der Waals surface area contributed by atoms with Crippen molar-refractivity contribution < 1.29 is 14.3 Å². The van der Waals surface area contributed by atoms with Gasteiger partial charge in [-0.25, -0.2) is 0 Å². The van der Waals surface area contributed by atoms with Crippen molar-refractivity contribution in [3.63, 3.8) is 0 Å². The van der Waals surface area contributed by atoms with Crippen LogP contribution in [-0.2, 0) is 24.6 Å². The summed E-state index contributed by atoms with van der Waals surface area (Å²) in [6.07, 6.45) is 1.49. The van der Waals surface area contributed by atoms with Crippen LogP contribution in [0.1, 0.15) is 25.0 Å². The van der Waals surface area contributed by atoms with Gasteiger partial charge in [0, 0.05) is 11.8 Å². The highest BCUT2D eigenvalue weighted by Crippen LogP contribution is 2.45. The van der Waals surface area contributed by atoms with Gasteiger partial charge in [-0.05, 0) is 30.0 Å². The van der Waals surface area contributed by atoms with Crippen LogP contribution >= 0.6 is 29.9 Å². The molecule has 17 heavy (non-hydrogen) atoms. The third-order valence-corrected chi connectivity index (χ3v) is 3.87. The van der Waals surface area contributed by atoms with E-state index < -0.39 is 6.72 Å². The molecule has 0 spiro atoms. The average Bonchev–Trinajstić information content (AvgIpc) is 2.22. The van der Waals surface area contributed by atoms with E-state index in [4.69, 9.17) is 37.5 Å². The lowest BCUT2D eigenvalue weighted by molar-refractivity contribution is 0.370. The Morgan fingerprint density at radius 1 is 1.24 bits per heavy atom. The van der Waals surface area contributed by atoms with Gasteiger partial charge >= 0.3 is 6.72 Å². The highest BCUT2D eigenvalue weighted by molar-refractivity contribution is 8.06. The molecule has 2 N–H and O–H groups in total. The molecule has 0 radical (unpaired) electrons. The molecule has 0 unspecified atom stereocenters. The van der Waals surface area contributed by atoms with Gasteiger partial charge in [-0.3, -0.25) is 0 Å². The second-order valence-electron chi connectivity index (χ2n) is 3.43. The lowest BCUT2D eigenvalue weighted by atomic mass is 10.0. The molecule has 96 valence electrons. The van der Waals surface area contributed by atoms with Gasteiger partial charge in [-0.2, -0.15) is 0 Å². The first-order chi connectivity index (χ1) is 7.80. The second kappa shape index (κ2) is 5.87. The zero-order valence-corrected chi connectivity index (χ0v) is 12.6. The molecule has 0 aliphatic carbocycles. The van der Waals surface area contributed by atoms with E-state index in [-0.39, 0.29) is 10.8 Å². The first kappa shape index (κ1) is 15.2. The minimum Gasteiger partial charge on any atom is -0.423 e. The van der Waals surface area contributed by atoms with Crippen LogP contribution in [0.15, 0.2) is 6.07 Å². The van der Waals surface area contributed by atoms with E-state index in [1.807, 2.05) is 13.8 Å². The summed E-state index contributed by atoms with van der Waals surface area (Å²) in [7, 11) is 0. The fourth-order valence-corrected chi connectivity index (χ4v) is 2.83. The van der Waals surface area contributed by atoms with Crippen molar-refractivity contribution in [2.45, 2.75) is 26.7 Å². The van der Waals surface area contributed by atoms with Gasteiger partial charge in [0.15, 0.2) is 0 Å². The minimum absolute atomic E-state index is 0.124. The van der Waals surface area contributed by atoms with Crippen molar-refractivity contribution in [2.24, 2.45) is 0 Å². The van der Waals surface area contributed by atoms with E-state index in [1.165, 1.54) is 0 Å². The van der Waals surface area contributed by atoms with E-state index in [1.54, 1.807) is 6.07 Å². The normalized spacial score (nSPS) is 11.6. The number of benzene rings is 1. The first-order valence-corrected chi connectivity index (χ1v) is 8.43. The first-order valence-electron chi connectivity index (χ1n) is 5.05. The molecule has 0 bridgehead atoms. The van der Waals surface area contributed by atoms with Gasteiger partial charge in [-0.1, -0.05) is 37.0 Å². The van der Waals surface area contributed by atoms with Crippen molar-refractivity contribution >= 4 is 41.7 Å². The van der Waals surface area contributed by atoms with Gasteiger partial charge in [0.25, 0.3) is 0 Å². The molecule has 1 rings (SSSR count). The molecule has 7 heteroatoms. The SMILES string of the molecule is CCc1cc(OP(O)(O)=S)c(Cl)c(Cl)c1CC. The van der Waals surface area contributed by atoms with Crippen molar-refractivity contribution in [3.8, 4) is 5.75 Å². The van der Waals surface area contributed by atoms with Crippen molar-refractivity contribution in [1.29, 1.82) is 0 Å². The Hall–Kier alpha value is 0.170. The van der Waals surface area contributed by atoms with E-state index in [2.05, 4.69) is 11.8 Å². The highest BCUT2D eigenvalue weighted by Gasteiger charge is 2.19. The Morgan fingerprint density at radius 3 is 2.24 bits per heavy atom. The van der Waals surface area contributed by atoms with Crippen LogP contribution < -0.4 is 4.52 Å². The number of hydrogen-bond acceptors (Lipinski definition) is 2. The quantitative estimate of drug-likeness (QED) is 0.832. The molecule has 0 fully saturated rings. The van der Waals surface area contributed by atoms with Gasteiger partial charge < -0.3 is 14.3 Å². The molecular formula is C10H13Cl2O3PS. The predicted molar refractivity (Wildman–Crippen MR) is 74.6 cm³/mol. The Labute approximate surface area is 116 Å². The average molecular weight is 315 g/mol. The van der Waals surface area contributed by atoms with Crippen molar-refractivity contribution in [1.82, 2.24) is 0 Å². The summed E-state index contributed by atoms with van der Waals surface area (Å²) in [6.45, 7) is 0.143. The molecule has 0 saturated carbocycles. The predicted octanol–water partition coefficient (Wildman–Crippen LogP) is 3.71. The number of halogens is 2. The maximum atomic E-state index is 9.13. The summed E-state index contributed by atoms with van der Waals surface area (Å²) >= 11 is 16.5. The minimum atomic E-state index is -3.80. The summed E-state index contributed by atoms with van der Waals surface area (Å²) in [6, 6.07) is 1.65. The van der Waals surface area contributed by atoms with Crippen molar-refractivity contribution in [3.05, 3.63) is 27.2 Å². The Balaban J connectivity index is 3.34. The van der Waals surface area contributed by atoms with Crippen LogP contribution in [0, 0.1) is 0 Å². The highest BCUT2D eigenvalue weighted by atomic mass is 35.5. The van der Waals surface area contributed by atoms with Gasteiger partial charge in [0.05, 0.1) is 5.02 Å². The summed E-state index contributed by atoms with van der Waals surface area (Å²) in [5.74, 6) is 0.124. The molecule has 0 heterocycles. The summed E-state index contributed by atoms with van der Waals surface area (Å²) < 4.78 is 4.88. The Bertz CT molecular complexity index is 473. The van der Waals surface area contributed by atoms with Crippen LogP contribution in [0.2, 0.25) is 10.0 Å². The lowest BCUT2D eigenvalue weighted by Gasteiger charge is -2.16. The second-order valence-corrected chi connectivity index (χ2v) is 6.78. The topological polar surface area (TPSA) is 49.7 Å². The molecule has 0 aliphatic heterocycles. The Morgan fingerprint density at radius 2 is 1.82 bits per heavy atom. The van der Waals surface area contributed by atoms with Crippen LogP contribution in [0.4, 0.5) is 0 Å². The zero-order valence-electron chi connectivity index (χ0n) is 9.41. The molecule has 3 nitrogen and oxygen atoms in total. The standard InChI is InChI=1S/C10H13Cl2O3PS/c1-3-6-5-8(15-16(13,14)17)10(12)9(11)7(6)4-2/h5H,3-4H2,1-2H3,(H2,13,14,17). The molecule has 0 saturated heterocycles. The molecule has 0 amide bonds. The third kappa shape index (κ3) is 3.82. The smallest absolute Gasteiger partial charge is 0.375 e. The lowest BCUT2D eigenvalue weighted by Crippen LogP contribution is -1.98. The van der Waals surface area contributed by atoms with Gasteiger partial charge in [-0.15, -0.1) is 0 Å².